The Bertz CT molecular complexity index is 657. The van der Waals surface area contributed by atoms with E-state index in [9.17, 15) is 18.4 Å². The minimum absolute atomic E-state index is 0.00418. The molecule has 0 bridgehead atoms. The topological polar surface area (TPSA) is 64.6 Å². The van der Waals surface area contributed by atoms with E-state index in [0.29, 0.717) is 23.3 Å². The minimum atomic E-state index is -2.89. The van der Waals surface area contributed by atoms with Crippen molar-refractivity contribution in [3.63, 3.8) is 0 Å². The van der Waals surface area contributed by atoms with Crippen LogP contribution >= 0.6 is 0 Å². The molecular weight excluding hydrogens is 308 g/mol. The molecule has 1 N–H and O–H groups in total. The first-order chi connectivity index (χ1) is 11.1. The summed E-state index contributed by atoms with van der Waals surface area (Å²) in [6.07, 6.45) is 0.706. The monoisotopic (exact) mass is 321 g/mol. The fraction of sp³-hybridized carbons (Fsp3) is 0.125. The number of benzene rings is 2. The quantitative estimate of drug-likeness (QED) is 0.796. The number of rotatable bonds is 7. The zero-order valence-corrected chi connectivity index (χ0v) is 11.9. The van der Waals surface area contributed by atoms with E-state index >= 15 is 0 Å². The Balaban J connectivity index is 1.82. The largest absolute Gasteiger partial charge is 0.484 e. The van der Waals surface area contributed by atoms with E-state index in [-0.39, 0.29) is 12.4 Å². The molecule has 0 heterocycles. The van der Waals surface area contributed by atoms with Crippen LogP contribution in [0.15, 0.2) is 48.5 Å². The van der Waals surface area contributed by atoms with Crippen molar-refractivity contribution in [2.75, 3.05) is 11.9 Å². The van der Waals surface area contributed by atoms with Crippen molar-refractivity contribution in [2.45, 2.75) is 6.61 Å². The van der Waals surface area contributed by atoms with Crippen LogP contribution in [0.4, 0.5) is 14.5 Å². The highest BCUT2D eigenvalue weighted by atomic mass is 19.3. The summed E-state index contributed by atoms with van der Waals surface area (Å²) in [6.45, 7) is -3.12. The molecule has 7 heteroatoms. The molecule has 2 aromatic rings. The van der Waals surface area contributed by atoms with Crippen LogP contribution in [0.5, 0.6) is 11.5 Å². The highest BCUT2D eigenvalue weighted by molar-refractivity contribution is 5.91. The maximum atomic E-state index is 12.0. The van der Waals surface area contributed by atoms with Crippen molar-refractivity contribution >= 4 is 17.9 Å². The van der Waals surface area contributed by atoms with Gasteiger partial charge in [0, 0.05) is 11.3 Å². The number of carbonyl (C=O) groups is 2. The van der Waals surface area contributed by atoms with Gasteiger partial charge in [-0.25, -0.2) is 0 Å². The van der Waals surface area contributed by atoms with E-state index in [4.69, 9.17) is 4.74 Å². The number of hydrogen-bond donors (Lipinski definition) is 1. The van der Waals surface area contributed by atoms with Crippen molar-refractivity contribution in [3.8, 4) is 11.5 Å². The van der Waals surface area contributed by atoms with E-state index < -0.39 is 12.5 Å². The maximum absolute atomic E-state index is 12.0. The van der Waals surface area contributed by atoms with Gasteiger partial charge >= 0.3 is 6.61 Å². The Morgan fingerprint density at radius 3 is 2.22 bits per heavy atom. The van der Waals surface area contributed by atoms with Crippen LogP contribution in [-0.2, 0) is 4.79 Å². The third-order valence-electron chi connectivity index (χ3n) is 2.75. The number of ether oxygens (including phenoxy) is 2. The van der Waals surface area contributed by atoms with Crippen molar-refractivity contribution in [3.05, 3.63) is 54.1 Å². The molecule has 0 radical (unpaired) electrons. The molecule has 5 nitrogen and oxygen atoms in total. The molecule has 120 valence electrons. The average molecular weight is 321 g/mol. The fourth-order valence-corrected chi connectivity index (χ4v) is 1.71. The second-order valence-corrected chi connectivity index (χ2v) is 4.43. The molecule has 0 aromatic heterocycles. The zero-order valence-electron chi connectivity index (χ0n) is 11.9. The first-order valence-electron chi connectivity index (χ1n) is 6.59. The lowest BCUT2D eigenvalue weighted by atomic mass is 10.2. The summed E-state index contributed by atoms with van der Waals surface area (Å²) in [5, 5.41) is 2.55. The van der Waals surface area contributed by atoms with Crippen LogP contribution in [0, 0.1) is 0 Å². The fourth-order valence-electron chi connectivity index (χ4n) is 1.71. The van der Waals surface area contributed by atoms with Crippen molar-refractivity contribution in [2.24, 2.45) is 0 Å². The van der Waals surface area contributed by atoms with Crippen LogP contribution in [0.2, 0.25) is 0 Å². The smallest absolute Gasteiger partial charge is 0.387 e. The highest BCUT2D eigenvalue weighted by Crippen LogP contribution is 2.17. The van der Waals surface area contributed by atoms with E-state index in [0.717, 1.165) is 0 Å². The number of aldehydes is 1. The van der Waals surface area contributed by atoms with E-state index in [2.05, 4.69) is 10.1 Å². The lowest BCUT2D eigenvalue weighted by molar-refractivity contribution is -0.118. The molecular formula is C16H13F2NO4. The molecule has 0 aliphatic rings. The molecule has 0 spiro atoms. The van der Waals surface area contributed by atoms with Crippen LogP contribution in [0.1, 0.15) is 10.4 Å². The molecule has 2 aromatic carbocycles. The Labute approximate surface area is 130 Å². The number of halogens is 2. The molecule has 23 heavy (non-hydrogen) atoms. The Morgan fingerprint density at radius 1 is 1.04 bits per heavy atom. The maximum Gasteiger partial charge on any atom is 0.387 e. The first kappa shape index (κ1) is 16.4. The van der Waals surface area contributed by atoms with E-state index in [1.54, 1.807) is 24.3 Å². The second-order valence-electron chi connectivity index (χ2n) is 4.43. The lowest BCUT2D eigenvalue weighted by Crippen LogP contribution is -2.20. The van der Waals surface area contributed by atoms with Crippen molar-refractivity contribution in [1.29, 1.82) is 0 Å². The molecule has 0 aliphatic heterocycles. The van der Waals surface area contributed by atoms with Gasteiger partial charge in [0.2, 0.25) is 0 Å². The van der Waals surface area contributed by atoms with Gasteiger partial charge in [0.15, 0.2) is 6.61 Å². The number of carbonyl (C=O) groups excluding carboxylic acids is 2. The number of alkyl halides is 2. The van der Waals surface area contributed by atoms with Gasteiger partial charge in [-0.2, -0.15) is 8.78 Å². The summed E-state index contributed by atoms with van der Waals surface area (Å²) in [6, 6.07) is 11.8. The van der Waals surface area contributed by atoms with Crippen molar-refractivity contribution in [1.82, 2.24) is 0 Å². The standard InChI is InChI=1S/C16H13F2NO4/c17-16(18)23-14-7-3-12(4-8-14)19-15(21)10-22-13-5-1-11(9-20)2-6-13/h1-9,16H,10H2,(H,19,21). The highest BCUT2D eigenvalue weighted by Gasteiger charge is 2.06. The number of anilines is 1. The van der Waals surface area contributed by atoms with Gasteiger partial charge in [0.1, 0.15) is 17.8 Å². The van der Waals surface area contributed by atoms with Gasteiger partial charge < -0.3 is 14.8 Å². The minimum Gasteiger partial charge on any atom is -0.484 e. The van der Waals surface area contributed by atoms with Crippen molar-refractivity contribution < 1.29 is 27.8 Å². The Morgan fingerprint density at radius 2 is 1.65 bits per heavy atom. The number of nitrogens with one attached hydrogen (secondary N) is 1. The predicted molar refractivity (Wildman–Crippen MR) is 79.0 cm³/mol. The molecule has 2 rings (SSSR count). The summed E-state index contributed by atoms with van der Waals surface area (Å²) in [4.78, 5) is 22.2. The normalized spacial score (nSPS) is 10.2. The summed E-state index contributed by atoms with van der Waals surface area (Å²) in [5.41, 5.74) is 0.935. The molecule has 0 saturated heterocycles. The van der Waals surface area contributed by atoms with Crippen LogP contribution < -0.4 is 14.8 Å². The third-order valence-corrected chi connectivity index (χ3v) is 2.75. The molecule has 0 aliphatic carbocycles. The summed E-state index contributed by atoms with van der Waals surface area (Å²) in [5.74, 6) is 0.0444. The zero-order chi connectivity index (χ0) is 16.7. The van der Waals surface area contributed by atoms with Crippen LogP contribution in [-0.4, -0.2) is 25.4 Å². The second kappa shape index (κ2) is 7.88. The third kappa shape index (κ3) is 5.39. The van der Waals surface area contributed by atoms with Crippen LogP contribution in [0.3, 0.4) is 0 Å². The first-order valence-corrected chi connectivity index (χ1v) is 6.59. The summed E-state index contributed by atoms with van der Waals surface area (Å²) in [7, 11) is 0. The van der Waals surface area contributed by atoms with Gasteiger partial charge in [0.05, 0.1) is 0 Å². The van der Waals surface area contributed by atoms with Gasteiger partial charge in [-0.05, 0) is 48.5 Å². The molecule has 0 unspecified atom stereocenters. The SMILES string of the molecule is O=Cc1ccc(OCC(=O)Nc2ccc(OC(F)F)cc2)cc1. The van der Waals surface area contributed by atoms with Gasteiger partial charge in [-0.1, -0.05) is 0 Å². The average Bonchev–Trinajstić information content (AvgIpc) is 2.55. The number of amides is 1. The predicted octanol–water partition coefficient (Wildman–Crippen LogP) is 3.12. The molecule has 0 saturated carbocycles. The Kier molecular flexibility index (Phi) is 5.62. The Hall–Kier alpha value is -2.96. The summed E-state index contributed by atoms with van der Waals surface area (Å²) >= 11 is 0. The molecule has 1 amide bonds. The molecule has 0 fully saturated rings. The number of hydrogen-bond acceptors (Lipinski definition) is 4. The van der Waals surface area contributed by atoms with Gasteiger partial charge in [0.25, 0.3) is 5.91 Å². The van der Waals surface area contributed by atoms with E-state index in [1.807, 2.05) is 0 Å². The molecule has 0 atom stereocenters. The van der Waals surface area contributed by atoms with Crippen LogP contribution in [0.25, 0.3) is 0 Å². The van der Waals surface area contributed by atoms with Gasteiger partial charge in [-0.15, -0.1) is 0 Å². The lowest BCUT2D eigenvalue weighted by Gasteiger charge is -2.09. The van der Waals surface area contributed by atoms with Gasteiger partial charge in [-0.3, -0.25) is 9.59 Å². The summed E-state index contributed by atoms with van der Waals surface area (Å²) < 4.78 is 33.5. The van der Waals surface area contributed by atoms with E-state index in [1.165, 1.54) is 24.3 Å².